The molecule has 0 saturated carbocycles. The van der Waals surface area contributed by atoms with Crippen LogP contribution in [0.2, 0.25) is 5.02 Å². The molecule has 7 heteroatoms. The molecule has 0 saturated heterocycles. The first-order valence-electron chi connectivity index (χ1n) is 8.51. The summed E-state index contributed by atoms with van der Waals surface area (Å²) in [5.41, 5.74) is 2.06. The van der Waals surface area contributed by atoms with E-state index in [-0.39, 0.29) is 13.2 Å². The maximum absolute atomic E-state index is 12.0. The molecular weight excluding hydrogens is 370 g/mol. The van der Waals surface area contributed by atoms with Crippen LogP contribution in [0.15, 0.2) is 48.5 Å². The third-order valence-electron chi connectivity index (χ3n) is 3.69. The number of ether oxygens (including phenoxy) is 3. The van der Waals surface area contributed by atoms with Crippen molar-refractivity contribution in [2.24, 2.45) is 0 Å². The first-order chi connectivity index (χ1) is 13.0. The summed E-state index contributed by atoms with van der Waals surface area (Å²) in [7, 11) is 1.30. The summed E-state index contributed by atoms with van der Waals surface area (Å²) in [6.45, 7) is 2.58. The highest BCUT2D eigenvalue weighted by Crippen LogP contribution is 2.28. The molecule has 0 spiro atoms. The fourth-order valence-electron chi connectivity index (χ4n) is 2.50. The highest BCUT2D eigenvalue weighted by molar-refractivity contribution is 6.30. The van der Waals surface area contributed by atoms with E-state index in [9.17, 15) is 9.59 Å². The van der Waals surface area contributed by atoms with Gasteiger partial charge in [0.1, 0.15) is 6.10 Å². The molecule has 2 rings (SSSR count). The van der Waals surface area contributed by atoms with E-state index < -0.39 is 18.2 Å². The Morgan fingerprint density at radius 2 is 1.81 bits per heavy atom. The average Bonchev–Trinajstić information content (AvgIpc) is 2.68. The zero-order chi connectivity index (χ0) is 19.6. The Balaban J connectivity index is 2.22. The molecule has 1 N–H and O–H groups in total. The van der Waals surface area contributed by atoms with E-state index in [2.05, 4.69) is 10.1 Å². The minimum atomic E-state index is -0.526. The molecule has 144 valence electrons. The van der Waals surface area contributed by atoms with Gasteiger partial charge in [0.2, 0.25) is 0 Å². The predicted octanol–water partition coefficient (Wildman–Crippen LogP) is 3.98. The lowest BCUT2D eigenvalue weighted by Gasteiger charge is -2.20. The normalized spacial score (nSPS) is 11.5. The molecule has 0 radical (unpaired) electrons. The van der Waals surface area contributed by atoms with Gasteiger partial charge < -0.3 is 19.5 Å². The van der Waals surface area contributed by atoms with Crippen molar-refractivity contribution < 1.29 is 23.8 Å². The van der Waals surface area contributed by atoms with Gasteiger partial charge in [-0.05, 0) is 42.3 Å². The molecule has 0 aliphatic carbocycles. The molecule has 0 bridgehead atoms. The highest BCUT2D eigenvalue weighted by atomic mass is 35.5. The van der Waals surface area contributed by atoms with Gasteiger partial charge in [0, 0.05) is 11.6 Å². The maximum atomic E-state index is 12.0. The van der Waals surface area contributed by atoms with Crippen molar-refractivity contribution in [1.82, 2.24) is 5.32 Å². The number of hydrogen-bond acceptors (Lipinski definition) is 5. The number of alkyl carbamates (subject to hydrolysis) is 1. The second-order valence-corrected chi connectivity index (χ2v) is 6.01. The minimum Gasteiger partial charge on any atom is -0.462 e. The first kappa shape index (κ1) is 20.7. The van der Waals surface area contributed by atoms with Gasteiger partial charge in [-0.2, -0.15) is 0 Å². The number of carbonyl (C=O) groups is 2. The summed E-state index contributed by atoms with van der Waals surface area (Å²) < 4.78 is 15.6. The first-order valence-corrected chi connectivity index (χ1v) is 8.89. The van der Waals surface area contributed by atoms with Gasteiger partial charge in [-0.15, -0.1) is 0 Å². The van der Waals surface area contributed by atoms with Crippen LogP contribution in [-0.4, -0.2) is 38.9 Å². The molecule has 0 aromatic heterocycles. The van der Waals surface area contributed by atoms with Crippen molar-refractivity contribution in [3.63, 3.8) is 0 Å². The molecule has 2 aromatic rings. The molecule has 0 aliphatic heterocycles. The number of nitrogens with one attached hydrogen (secondary N) is 1. The number of esters is 1. The van der Waals surface area contributed by atoms with E-state index in [1.807, 2.05) is 18.2 Å². The summed E-state index contributed by atoms with van der Waals surface area (Å²) in [5, 5.41) is 3.14. The van der Waals surface area contributed by atoms with Crippen LogP contribution in [0.1, 0.15) is 34.5 Å². The summed E-state index contributed by atoms with van der Waals surface area (Å²) >= 11 is 6.12. The molecule has 1 atom stereocenters. The largest absolute Gasteiger partial charge is 0.462 e. The maximum Gasteiger partial charge on any atom is 0.406 e. The zero-order valence-corrected chi connectivity index (χ0v) is 16.0. The van der Waals surface area contributed by atoms with Gasteiger partial charge in [0.05, 0.1) is 25.9 Å². The molecule has 2 aromatic carbocycles. The van der Waals surface area contributed by atoms with Crippen molar-refractivity contribution in [2.75, 3.05) is 26.9 Å². The van der Waals surface area contributed by atoms with Crippen molar-refractivity contribution in [3.8, 4) is 0 Å². The molecule has 0 heterocycles. The Morgan fingerprint density at radius 3 is 2.48 bits per heavy atom. The molecule has 0 aliphatic rings. The van der Waals surface area contributed by atoms with E-state index >= 15 is 0 Å². The second kappa shape index (κ2) is 10.5. The number of halogens is 1. The van der Waals surface area contributed by atoms with E-state index in [1.165, 1.54) is 7.11 Å². The quantitative estimate of drug-likeness (QED) is 0.544. The number of amides is 1. The van der Waals surface area contributed by atoms with Crippen LogP contribution in [0.3, 0.4) is 0 Å². The van der Waals surface area contributed by atoms with Crippen molar-refractivity contribution in [2.45, 2.75) is 13.0 Å². The monoisotopic (exact) mass is 391 g/mol. The summed E-state index contributed by atoms with van der Waals surface area (Å²) in [6.07, 6.45) is -0.986. The summed E-state index contributed by atoms with van der Waals surface area (Å²) in [6, 6.07) is 14.4. The van der Waals surface area contributed by atoms with Crippen LogP contribution in [0, 0.1) is 0 Å². The molecule has 1 amide bonds. The summed E-state index contributed by atoms with van der Waals surface area (Å²) in [5.74, 6) is -0.392. The van der Waals surface area contributed by atoms with Gasteiger partial charge in [0.15, 0.2) is 0 Å². The van der Waals surface area contributed by atoms with E-state index in [4.69, 9.17) is 21.1 Å². The van der Waals surface area contributed by atoms with E-state index in [0.717, 1.165) is 11.1 Å². The third-order valence-corrected chi connectivity index (χ3v) is 3.93. The van der Waals surface area contributed by atoms with Crippen molar-refractivity contribution >= 4 is 23.7 Å². The Morgan fingerprint density at radius 1 is 1.11 bits per heavy atom. The predicted molar refractivity (Wildman–Crippen MR) is 102 cm³/mol. The van der Waals surface area contributed by atoms with Crippen LogP contribution in [0.4, 0.5) is 4.79 Å². The smallest absolute Gasteiger partial charge is 0.406 e. The lowest BCUT2D eigenvalue weighted by atomic mass is 9.99. The molecular formula is C20H22ClNO5. The SMILES string of the molecule is CCOC(=O)c1cccc([C@H](OCCNC(=O)OC)c2cccc(Cl)c2)c1. The van der Waals surface area contributed by atoms with Crippen LogP contribution in [0.5, 0.6) is 0 Å². The Labute approximate surface area is 163 Å². The Kier molecular flexibility index (Phi) is 8.10. The average molecular weight is 392 g/mol. The lowest BCUT2D eigenvalue weighted by molar-refractivity contribution is 0.0525. The molecule has 0 unspecified atom stereocenters. The zero-order valence-electron chi connectivity index (χ0n) is 15.2. The lowest BCUT2D eigenvalue weighted by Crippen LogP contribution is -2.27. The Bertz CT molecular complexity index is 780. The fraction of sp³-hybridized carbons (Fsp3) is 0.300. The van der Waals surface area contributed by atoms with Crippen LogP contribution < -0.4 is 5.32 Å². The Hall–Kier alpha value is -2.57. The molecule has 0 fully saturated rings. The summed E-state index contributed by atoms with van der Waals surface area (Å²) in [4.78, 5) is 23.2. The fourth-order valence-corrected chi connectivity index (χ4v) is 2.70. The number of rotatable bonds is 8. The standard InChI is InChI=1S/C20H22ClNO5/c1-3-26-19(23)16-8-4-6-14(12-16)18(15-7-5-9-17(21)13-15)27-11-10-22-20(24)25-2/h4-9,12-13,18H,3,10-11H2,1-2H3,(H,22,24)/t18-/m0/s1. The van der Waals surface area contributed by atoms with Crippen molar-refractivity contribution in [3.05, 3.63) is 70.2 Å². The number of carbonyl (C=O) groups excluding carboxylic acids is 2. The highest BCUT2D eigenvalue weighted by Gasteiger charge is 2.17. The number of methoxy groups -OCH3 is 1. The van der Waals surface area contributed by atoms with Gasteiger partial charge in [-0.3, -0.25) is 0 Å². The number of hydrogen-bond donors (Lipinski definition) is 1. The third kappa shape index (κ3) is 6.27. The van der Waals surface area contributed by atoms with E-state index in [1.54, 1.807) is 37.3 Å². The van der Waals surface area contributed by atoms with Crippen LogP contribution >= 0.6 is 11.6 Å². The van der Waals surface area contributed by atoms with Gasteiger partial charge in [-0.1, -0.05) is 35.9 Å². The van der Waals surface area contributed by atoms with Crippen molar-refractivity contribution in [1.29, 1.82) is 0 Å². The number of benzene rings is 2. The van der Waals surface area contributed by atoms with Crippen LogP contribution in [-0.2, 0) is 14.2 Å². The minimum absolute atomic E-state index is 0.246. The molecule has 6 nitrogen and oxygen atoms in total. The molecule has 27 heavy (non-hydrogen) atoms. The van der Waals surface area contributed by atoms with Gasteiger partial charge in [0.25, 0.3) is 0 Å². The second-order valence-electron chi connectivity index (χ2n) is 5.57. The van der Waals surface area contributed by atoms with E-state index in [0.29, 0.717) is 17.2 Å². The van der Waals surface area contributed by atoms with Gasteiger partial charge >= 0.3 is 12.1 Å². The topological polar surface area (TPSA) is 73.9 Å². The van der Waals surface area contributed by atoms with Crippen LogP contribution in [0.25, 0.3) is 0 Å². The van der Waals surface area contributed by atoms with Gasteiger partial charge in [-0.25, -0.2) is 9.59 Å².